The Bertz CT molecular complexity index is 1610. The number of hydrogen-bond acceptors (Lipinski definition) is 5. The van der Waals surface area contributed by atoms with Crippen molar-refractivity contribution >= 4 is 26.7 Å². The molecular weight excluding hydrogens is 486 g/mol. The van der Waals surface area contributed by atoms with Crippen LogP contribution in [0, 0.1) is 17.2 Å². The molecule has 1 heterocycles. The van der Waals surface area contributed by atoms with E-state index in [1.54, 1.807) is 60.7 Å². The van der Waals surface area contributed by atoms with Gasteiger partial charge in [0.2, 0.25) is 15.9 Å². The Morgan fingerprint density at radius 3 is 2.43 bits per heavy atom. The van der Waals surface area contributed by atoms with E-state index in [-0.39, 0.29) is 4.90 Å². The van der Waals surface area contributed by atoms with Crippen LogP contribution < -0.4 is 15.2 Å². The van der Waals surface area contributed by atoms with E-state index in [0.717, 1.165) is 16.3 Å². The van der Waals surface area contributed by atoms with E-state index >= 15 is 0 Å². The summed E-state index contributed by atoms with van der Waals surface area (Å²) < 4.78 is 35.9. The van der Waals surface area contributed by atoms with E-state index in [2.05, 4.69) is 10.8 Å². The van der Waals surface area contributed by atoms with Crippen molar-refractivity contribution in [3.05, 3.63) is 108 Å². The van der Waals surface area contributed by atoms with E-state index in [1.807, 2.05) is 30.3 Å². The van der Waals surface area contributed by atoms with Gasteiger partial charge in [-0.3, -0.25) is 4.79 Å². The number of nitriles is 1. The van der Waals surface area contributed by atoms with Gasteiger partial charge < -0.3 is 10.5 Å². The molecule has 0 spiro atoms. The minimum Gasteiger partial charge on any atom is -0.493 e. The quantitative estimate of drug-likeness (QED) is 0.381. The fraction of sp³-hybridized carbons (Fsp3) is 0.172. The zero-order valence-corrected chi connectivity index (χ0v) is 20.7. The molecule has 186 valence electrons. The number of nitrogens with one attached hydrogen (secondary N) is 1. The van der Waals surface area contributed by atoms with Crippen LogP contribution in [0.4, 0.5) is 0 Å². The molecule has 4 aromatic carbocycles. The second-order valence-corrected chi connectivity index (χ2v) is 10.8. The van der Waals surface area contributed by atoms with Crippen LogP contribution in [0.15, 0.2) is 95.9 Å². The first-order valence-electron chi connectivity index (χ1n) is 11.9. The van der Waals surface area contributed by atoms with E-state index in [1.165, 1.54) is 0 Å². The van der Waals surface area contributed by atoms with Gasteiger partial charge in [0.15, 0.2) is 0 Å². The number of ether oxygens (including phenoxy) is 1. The van der Waals surface area contributed by atoms with Gasteiger partial charge in [0.05, 0.1) is 35.1 Å². The number of rotatable bonds is 7. The molecule has 1 aliphatic heterocycles. The Balaban J connectivity index is 1.59. The van der Waals surface area contributed by atoms with Gasteiger partial charge in [-0.2, -0.15) is 5.26 Å². The highest BCUT2D eigenvalue weighted by Gasteiger charge is 2.40. The van der Waals surface area contributed by atoms with Crippen LogP contribution in [-0.2, 0) is 14.8 Å². The van der Waals surface area contributed by atoms with Gasteiger partial charge >= 0.3 is 0 Å². The summed E-state index contributed by atoms with van der Waals surface area (Å²) in [6, 6.07) is 27.6. The van der Waals surface area contributed by atoms with Gasteiger partial charge in [-0.1, -0.05) is 66.7 Å². The van der Waals surface area contributed by atoms with Gasteiger partial charge in [-0.05, 0) is 52.6 Å². The number of amides is 1. The fourth-order valence-corrected chi connectivity index (χ4v) is 6.32. The first kappa shape index (κ1) is 24.5. The van der Waals surface area contributed by atoms with E-state index in [9.17, 15) is 18.5 Å². The highest BCUT2D eigenvalue weighted by molar-refractivity contribution is 7.89. The van der Waals surface area contributed by atoms with Gasteiger partial charge in [0.25, 0.3) is 0 Å². The molecule has 1 amide bonds. The third kappa shape index (κ3) is 4.92. The Morgan fingerprint density at radius 2 is 1.70 bits per heavy atom. The topological polar surface area (TPSA) is 122 Å². The molecule has 0 fully saturated rings. The van der Waals surface area contributed by atoms with Crippen LogP contribution in [0.5, 0.6) is 5.75 Å². The fourth-order valence-electron chi connectivity index (χ4n) is 5.03. The molecule has 0 saturated heterocycles. The van der Waals surface area contributed by atoms with Crippen LogP contribution in [0.2, 0.25) is 0 Å². The summed E-state index contributed by atoms with van der Waals surface area (Å²) in [5.74, 6) is -1.45. The minimum atomic E-state index is -4.04. The van der Waals surface area contributed by atoms with Crippen molar-refractivity contribution in [2.45, 2.75) is 23.3 Å². The minimum absolute atomic E-state index is 0.0985. The zero-order chi connectivity index (χ0) is 26.0. The molecule has 0 bridgehead atoms. The van der Waals surface area contributed by atoms with Crippen LogP contribution in [-0.4, -0.2) is 20.9 Å². The lowest BCUT2D eigenvalue weighted by molar-refractivity contribution is -0.123. The third-order valence-corrected chi connectivity index (χ3v) is 8.26. The van der Waals surface area contributed by atoms with E-state index in [4.69, 9.17) is 10.5 Å². The molecular formula is C29H25N3O4S. The molecule has 3 N–H and O–H groups in total. The maximum atomic E-state index is 13.7. The molecule has 0 aromatic heterocycles. The van der Waals surface area contributed by atoms with Crippen LogP contribution in [0.3, 0.4) is 0 Å². The number of benzene rings is 4. The highest BCUT2D eigenvalue weighted by atomic mass is 32.2. The lowest BCUT2D eigenvalue weighted by atomic mass is 9.76. The number of nitrogens with two attached hydrogens (primary N) is 1. The van der Waals surface area contributed by atoms with Crippen LogP contribution >= 0.6 is 0 Å². The molecule has 0 saturated carbocycles. The summed E-state index contributed by atoms with van der Waals surface area (Å²) in [6.07, 6.45) is 0.466. The number of hydrogen-bond donors (Lipinski definition) is 2. The molecule has 4 aromatic rings. The molecule has 1 aliphatic rings. The van der Waals surface area contributed by atoms with Gasteiger partial charge in [0.1, 0.15) is 5.75 Å². The van der Waals surface area contributed by atoms with Crippen molar-refractivity contribution in [2.24, 2.45) is 11.7 Å². The monoisotopic (exact) mass is 511 g/mol. The van der Waals surface area contributed by atoms with Crippen molar-refractivity contribution in [3.63, 3.8) is 0 Å². The van der Waals surface area contributed by atoms with Crippen LogP contribution in [0.1, 0.15) is 35.1 Å². The molecule has 0 aliphatic carbocycles. The molecule has 7 nitrogen and oxygen atoms in total. The van der Waals surface area contributed by atoms with Crippen molar-refractivity contribution < 1.29 is 17.9 Å². The van der Waals surface area contributed by atoms with Crippen molar-refractivity contribution in [3.8, 4) is 11.8 Å². The maximum Gasteiger partial charge on any atom is 0.241 e. The number of nitrogens with zero attached hydrogens (tertiary/aromatic N) is 1. The van der Waals surface area contributed by atoms with Gasteiger partial charge in [0, 0.05) is 5.92 Å². The van der Waals surface area contributed by atoms with Gasteiger partial charge in [-0.15, -0.1) is 0 Å². The molecule has 1 unspecified atom stereocenters. The second kappa shape index (κ2) is 10.1. The summed E-state index contributed by atoms with van der Waals surface area (Å²) in [5.41, 5.74) is 7.77. The average Bonchev–Trinajstić information content (AvgIpc) is 2.92. The first-order chi connectivity index (χ1) is 17.9. The predicted octanol–water partition coefficient (Wildman–Crippen LogP) is 4.40. The molecule has 5 rings (SSSR count). The largest absolute Gasteiger partial charge is 0.493 e. The average molecular weight is 512 g/mol. The lowest BCUT2D eigenvalue weighted by Gasteiger charge is -2.35. The summed E-state index contributed by atoms with van der Waals surface area (Å²) in [4.78, 5) is 13.1. The molecule has 37 heavy (non-hydrogen) atoms. The summed E-state index contributed by atoms with van der Waals surface area (Å²) in [6.45, 7) is 0.315. The highest BCUT2D eigenvalue weighted by Crippen LogP contribution is 2.44. The summed E-state index contributed by atoms with van der Waals surface area (Å²) in [5, 5.41) is 11.0. The van der Waals surface area contributed by atoms with E-state index < -0.39 is 33.8 Å². The Kier molecular flexibility index (Phi) is 6.66. The normalized spacial score (nSPS) is 16.7. The van der Waals surface area contributed by atoms with Crippen molar-refractivity contribution in [2.75, 3.05) is 6.61 Å². The third-order valence-electron chi connectivity index (χ3n) is 6.82. The Labute approximate surface area is 215 Å². The molecule has 3 atom stereocenters. The SMILES string of the molecule is N#Cc1ccc2c(c1)OCCC2[C@@H](C(N)=O)[C@@H](NS(=O)(=O)c1ccc2ccccc2c1)c1ccccc1. The smallest absolute Gasteiger partial charge is 0.241 e. The van der Waals surface area contributed by atoms with Crippen molar-refractivity contribution in [1.29, 1.82) is 5.26 Å². The zero-order valence-electron chi connectivity index (χ0n) is 19.9. The van der Waals surface area contributed by atoms with Crippen LogP contribution in [0.25, 0.3) is 10.8 Å². The first-order valence-corrected chi connectivity index (χ1v) is 13.4. The van der Waals surface area contributed by atoms with Gasteiger partial charge in [-0.25, -0.2) is 13.1 Å². The number of carbonyl (C=O) groups excluding carboxylic acids is 1. The standard InChI is InChI=1S/C29H25N3O4S/c30-18-19-10-13-24-25(14-15-36-26(24)16-19)27(29(31)33)28(21-7-2-1-3-8-21)32-37(34,35)23-12-11-20-6-4-5-9-22(20)17-23/h1-13,16-17,25,27-28,32H,14-15H2,(H2,31,33)/t25?,27-,28+/m1/s1. The second-order valence-electron chi connectivity index (χ2n) is 9.05. The Hall–Kier alpha value is -4.19. The Morgan fingerprint density at radius 1 is 0.973 bits per heavy atom. The number of carbonyl (C=O) groups is 1. The predicted molar refractivity (Wildman–Crippen MR) is 140 cm³/mol. The summed E-state index contributed by atoms with van der Waals surface area (Å²) in [7, 11) is -4.04. The van der Waals surface area contributed by atoms with E-state index in [0.29, 0.717) is 29.9 Å². The molecule has 8 heteroatoms. The number of sulfonamides is 1. The lowest BCUT2D eigenvalue weighted by Crippen LogP contribution is -2.43. The maximum absolute atomic E-state index is 13.7. The molecule has 0 radical (unpaired) electrons. The number of fused-ring (bicyclic) bond motifs is 2. The van der Waals surface area contributed by atoms with Crippen molar-refractivity contribution in [1.82, 2.24) is 4.72 Å². The number of primary amides is 1. The summed E-state index contributed by atoms with van der Waals surface area (Å²) >= 11 is 0.